The molecule has 1 heterocycles. The molecule has 5 nitrogen and oxygen atoms in total. The topological polar surface area (TPSA) is 66.2 Å². The van der Waals surface area contributed by atoms with Crippen LogP contribution in [-0.2, 0) is 11.3 Å². The Kier molecular flexibility index (Phi) is 6.64. The summed E-state index contributed by atoms with van der Waals surface area (Å²) < 4.78 is 5.33. The highest BCUT2D eigenvalue weighted by atomic mass is 32.2. The summed E-state index contributed by atoms with van der Waals surface area (Å²) in [5.74, 6) is 0.968. The third kappa shape index (κ3) is 4.36. The van der Waals surface area contributed by atoms with Crippen LogP contribution < -0.4 is 4.74 Å². The summed E-state index contributed by atoms with van der Waals surface area (Å²) in [4.78, 5) is 18.7. The Morgan fingerprint density at radius 3 is 2.62 bits per heavy atom. The zero-order valence-electron chi connectivity index (χ0n) is 15.8. The smallest absolute Gasteiger partial charge is 0.233 e. The molecule has 6 heteroatoms. The Labute approximate surface area is 159 Å². The van der Waals surface area contributed by atoms with Crippen LogP contribution in [-0.4, -0.2) is 35.7 Å². The number of hydrogen-bond donors (Lipinski definition) is 0. The van der Waals surface area contributed by atoms with Gasteiger partial charge >= 0.3 is 0 Å². The lowest BCUT2D eigenvalue weighted by molar-refractivity contribution is -0.127. The predicted octanol–water partition coefficient (Wildman–Crippen LogP) is 3.64. The third-order valence-corrected chi connectivity index (χ3v) is 5.39. The number of thioether (sulfide) groups is 1. The number of ether oxygens (including phenoxy) is 1. The minimum Gasteiger partial charge on any atom is -0.496 e. The zero-order chi connectivity index (χ0) is 19.3. The number of aromatic nitrogens is 1. The second kappa shape index (κ2) is 8.72. The Morgan fingerprint density at radius 1 is 1.27 bits per heavy atom. The van der Waals surface area contributed by atoms with E-state index in [1.807, 2.05) is 45.0 Å². The molecule has 0 aliphatic heterocycles. The van der Waals surface area contributed by atoms with Crippen LogP contribution in [0.15, 0.2) is 29.3 Å². The molecule has 0 saturated heterocycles. The summed E-state index contributed by atoms with van der Waals surface area (Å²) in [5, 5.41) is 10.0. The first kappa shape index (κ1) is 19.8. The minimum absolute atomic E-state index is 0.0255. The second-order valence-corrected chi connectivity index (χ2v) is 7.05. The Bertz CT molecular complexity index is 859. The summed E-state index contributed by atoms with van der Waals surface area (Å²) in [6.07, 6.45) is 0. The Hall–Kier alpha value is -2.52. The summed E-state index contributed by atoms with van der Waals surface area (Å²) in [5.41, 5.74) is 4.34. The molecule has 0 aliphatic carbocycles. The average molecular weight is 369 g/mol. The lowest BCUT2D eigenvalue weighted by Gasteiger charge is -2.19. The van der Waals surface area contributed by atoms with E-state index >= 15 is 0 Å². The normalized spacial score (nSPS) is 10.3. The molecule has 0 bridgehead atoms. The van der Waals surface area contributed by atoms with Crippen molar-refractivity contribution >= 4 is 17.7 Å². The fourth-order valence-corrected chi connectivity index (χ4v) is 3.59. The van der Waals surface area contributed by atoms with E-state index in [4.69, 9.17) is 4.74 Å². The number of nitrogens with zero attached hydrogens (tertiary/aromatic N) is 3. The molecule has 0 unspecified atom stereocenters. The Morgan fingerprint density at radius 2 is 1.96 bits per heavy atom. The van der Waals surface area contributed by atoms with E-state index in [0.29, 0.717) is 17.1 Å². The number of amides is 1. The molecule has 0 N–H and O–H groups in total. The second-order valence-electron chi connectivity index (χ2n) is 6.09. The first-order chi connectivity index (χ1) is 12.4. The maximum atomic E-state index is 12.5. The van der Waals surface area contributed by atoms with Gasteiger partial charge in [-0.05, 0) is 38.0 Å². The van der Waals surface area contributed by atoms with E-state index < -0.39 is 0 Å². The molecule has 26 heavy (non-hydrogen) atoms. The van der Waals surface area contributed by atoms with Gasteiger partial charge in [-0.2, -0.15) is 5.26 Å². The third-order valence-electron chi connectivity index (χ3n) is 4.43. The number of pyridine rings is 1. The van der Waals surface area contributed by atoms with Crippen LogP contribution in [0.2, 0.25) is 0 Å². The number of para-hydroxylation sites is 1. The van der Waals surface area contributed by atoms with Crippen molar-refractivity contribution in [1.29, 1.82) is 5.26 Å². The molecule has 0 fully saturated rings. The maximum Gasteiger partial charge on any atom is 0.233 e. The van der Waals surface area contributed by atoms with Crippen molar-refractivity contribution in [1.82, 2.24) is 9.88 Å². The number of rotatable bonds is 6. The number of benzene rings is 1. The number of aryl methyl sites for hydroxylation is 1. The lowest BCUT2D eigenvalue weighted by atomic mass is 10.1. The van der Waals surface area contributed by atoms with Gasteiger partial charge in [0.2, 0.25) is 5.91 Å². The van der Waals surface area contributed by atoms with E-state index in [-0.39, 0.29) is 11.7 Å². The van der Waals surface area contributed by atoms with Gasteiger partial charge in [0.1, 0.15) is 16.8 Å². The highest BCUT2D eigenvalue weighted by Crippen LogP contribution is 2.27. The van der Waals surface area contributed by atoms with Gasteiger partial charge in [0.15, 0.2) is 0 Å². The fraction of sp³-hybridized carbons (Fsp3) is 0.350. The standard InChI is InChI=1S/C20H23N3O2S/c1-13-14(2)17(10-21)20(22-15(13)3)26-12-19(24)23(4)11-16-8-6-7-9-18(16)25-5/h6-9H,11-12H2,1-5H3. The van der Waals surface area contributed by atoms with Crippen molar-refractivity contribution in [3.63, 3.8) is 0 Å². The van der Waals surface area contributed by atoms with Gasteiger partial charge in [0, 0.05) is 24.8 Å². The quantitative estimate of drug-likeness (QED) is 0.727. The van der Waals surface area contributed by atoms with Crippen molar-refractivity contribution in [2.75, 3.05) is 19.9 Å². The molecule has 1 amide bonds. The molecule has 136 valence electrons. The number of carbonyl (C=O) groups excluding carboxylic acids is 1. The maximum absolute atomic E-state index is 12.5. The molecule has 0 saturated carbocycles. The summed E-state index contributed by atoms with van der Waals surface area (Å²) >= 11 is 1.31. The highest BCUT2D eigenvalue weighted by molar-refractivity contribution is 8.00. The van der Waals surface area contributed by atoms with Crippen LogP contribution >= 0.6 is 11.8 Å². The first-order valence-electron chi connectivity index (χ1n) is 8.25. The van der Waals surface area contributed by atoms with Crippen molar-refractivity contribution in [2.45, 2.75) is 32.3 Å². The SMILES string of the molecule is COc1ccccc1CN(C)C(=O)CSc1nc(C)c(C)c(C)c1C#N. The van der Waals surface area contributed by atoms with Crippen molar-refractivity contribution < 1.29 is 9.53 Å². The zero-order valence-corrected chi connectivity index (χ0v) is 16.6. The summed E-state index contributed by atoms with van der Waals surface area (Å²) in [7, 11) is 3.38. The Balaban J connectivity index is 2.08. The molecule has 0 aliphatic rings. The van der Waals surface area contributed by atoms with Gasteiger partial charge < -0.3 is 9.64 Å². The van der Waals surface area contributed by atoms with Crippen LogP contribution in [0.3, 0.4) is 0 Å². The van der Waals surface area contributed by atoms with Gasteiger partial charge in [-0.15, -0.1) is 0 Å². The predicted molar refractivity (Wildman–Crippen MR) is 103 cm³/mol. The molecule has 0 radical (unpaired) electrons. The number of hydrogen-bond acceptors (Lipinski definition) is 5. The van der Waals surface area contributed by atoms with Crippen LogP contribution in [0.5, 0.6) is 5.75 Å². The first-order valence-corrected chi connectivity index (χ1v) is 9.24. The number of methoxy groups -OCH3 is 1. The van der Waals surface area contributed by atoms with Gasteiger partial charge in [-0.25, -0.2) is 4.98 Å². The van der Waals surface area contributed by atoms with Crippen molar-refractivity contribution in [3.05, 3.63) is 52.2 Å². The molecular formula is C20H23N3O2S. The molecule has 2 aromatic rings. The lowest BCUT2D eigenvalue weighted by Crippen LogP contribution is -2.28. The minimum atomic E-state index is -0.0255. The van der Waals surface area contributed by atoms with Gasteiger partial charge in [-0.3, -0.25) is 4.79 Å². The van der Waals surface area contributed by atoms with Crippen LogP contribution in [0.4, 0.5) is 0 Å². The fourth-order valence-electron chi connectivity index (χ4n) is 2.57. The average Bonchev–Trinajstić information content (AvgIpc) is 2.64. The molecule has 0 atom stereocenters. The van der Waals surface area contributed by atoms with E-state index in [1.165, 1.54) is 11.8 Å². The van der Waals surface area contributed by atoms with E-state index in [0.717, 1.165) is 28.1 Å². The molecule has 1 aromatic heterocycles. The van der Waals surface area contributed by atoms with Crippen LogP contribution in [0.25, 0.3) is 0 Å². The monoisotopic (exact) mass is 369 g/mol. The summed E-state index contributed by atoms with van der Waals surface area (Å²) in [6, 6.07) is 9.86. The van der Waals surface area contributed by atoms with Gasteiger partial charge in [-0.1, -0.05) is 30.0 Å². The van der Waals surface area contributed by atoms with Crippen molar-refractivity contribution in [3.8, 4) is 11.8 Å². The molecule has 0 spiro atoms. The van der Waals surface area contributed by atoms with Crippen LogP contribution in [0, 0.1) is 32.1 Å². The van der Waals surface area contributed by atoms with Crippen LogP contribution in [0.1, 0.15) is 27.9 Å². The van der Waals surface area contributed by atoms with E-state index in [1.54, 1.807) is 19.1 Å². The van der Waals surface area contributed by atoms with E-state index in [9.17, 15) is 10.1 Å². The van der Waals surface area contributed by atoms with E-state index in [2.05, 4.69) is 11.1 Å². The van der Waals surface area contributed by atoms with Gasteiger partial charge in [0.25, 0.3) is 0 Å². The summed E-state index contributed by atoms with van der Waals surface area (Å²) in [6.45, 7) is 6.26. The van der Waals surface area contributed by atoms with Crippen molar-refractivity contribution in [2.24, 2.45) is 0 Å². The molecular weight excluding hydrogens is 346 g/mol. The largest absolute Gasteiger partial charge is 0.496 e. The highest BCUT2D eigenvalue weighted by Gasteiger charge is 2.16. The molecule has 2 rings (SSSR count). The molecule has 1 aromatic carbocycles. The van der Waals surface area contributed by atoms with Gasteiger partial charge in [0.05, 0.1) is 18.4 Å². The number of carbonyl (C=O) groups is 1. The number of nitriles is 1.